The van der Waals surface area contributed by atoms with Crippen molar-refractivity contribution in [2.45, 2.75) is 25.4 Å². The van der Waals surface area contributed by atoms with E-state index in [1.807, 2.05) is 24.3 Å². The topological polar surface area (TPSA) is 179 Å². The molecule has 13 nitrogen and oxygen atoms in total. The van der Waals surface area contributed by atoms with Gasteiger partial charge in [-0.15, -0.1) is 0 Å². The summed E-state index contributed by atoms with van der Waals surface area (Å²) in [4.78, 5) is 60.5. The zero-order valence-electron chi connectivity index (χ0n) is 22.5. The van der Waals surface area contributed by atoms with E-state index in [0.29, 0.717) is 5.56 Å². The molecular formula is C26H30ClFN5O8P. The number of amides is 4. The fraction of sp³-hybridized carbons (Fsp3) is 0.308. The minimum atomic E-state index is -4.66. The second-order valence-corrected chi connectivity index (χ2v) is 10.6. The molecule has 226 valence electrons. The van der Waals surface area contributed by atoms with Crippen molar-refractivity contribution in [2.75, 3.05) is 32.1 Å². The number of likely N-dealkylation sites (N-methyl/N-ethyl adjacent to an activating group) is 1. The molecule has 0 bridgehead atoms. The number of nitrogens with one attached hydrogen (secondary N) is 3. The summed E-state index contributed by atoms with van der Waals surface area (Å²) >= 11 is 5.96. The predicted molar refractivity (Wildman–Crippen MR) is 152 cm³/mol. The maximum Gasteiger partial charge on any atom is 0.469 e. The Morgan fingerprint density at radius 1 is 1.12 bits per heavy atom. The molecular weight excluding hydrogens is 596 g/mol. The van der Waals surface area contributed by atoms with Gasteiger partial charge in [-0.1, -0.05) is 48.0 Å². The fourth-order valence-corrected chi connectivity index (χ4v) is 4.26. The van der Waals surface area contributed by atoms with Crippen molar-refractivity contribution in [1.82, 2.24) is 20.5 Å². The van der Waals surface area contributed by atoms with Gasteiger partial charge >= 0.3 is 19.9 Å². The number of ether oxygens (including phenoxy) is 1. The van der Waals surface area contributed by atoms with E-state index < -0.39 is 44.3 Å². The average molecular weight is 626 g/mol. The Bertz CT molecular complexity index is 1460. The second kappa shape index (κ2) is 15.4. The zero-order chi connectivity index (χ0) is 30.7. The van der Waals surface area contributed by atoms with Crippen LogP contribution < -0.4 is 16.0 Å². The van der Waals surface area contributed by atoms with Crippen LogP contribution in [0.25, 0.3) is 10.8 Å². The normalized spacial score (nSPS) is 11.9. The molecule has 1 atom stereocenters. The van der Waals surface area contributed by atoms with Crippen LogP contribution in [0, 0.1) is 5.82 Å². The molecule has 0 saturated carbocycles. The molecule has 0 radical (unpaired) electrons. The van der Waals surface area contributed by atoms with Crippen LogP contribution in [-0.2, 0) is 25.2 Å². The highest BCUT2D eigenvalue weighted by molar-refractivity contribution is 7.46. The van der Waals surface area contributed by atoms with Gasteiger partial charge in [-0.2, -0.15) is 0 Å². The van der Waals surface area contributed by atoms with Gasteiger partial charge in [-0.3, -0.25) is 14.6 Å². The highest BCUT2D eigenvalue weighted by Gasteiger charge is 2.23. The molecule has 1 aromatic heterocycles. The van der Waals surface area contributed by atoms with Gasteiger partial charge in [-0.25, -0.2) is 23.5 Å². The van der Waals surface area contributed by atoms with Crippen molar-refractivity contribution in [3.8, 4) is 0 Å². The first-order valence-corrected chi connectivity index (χ1v) is 14.5. The average Bonchev–Trinajstić information content (AvgIpc) is 2.95. The van der Waals surface area contributed by atoms with Crippen LogP contribution in [0.2, 0.25) is 5.02 Å². The lowest BCUT2D eigenvalue weighted by Gasteiger charge is -2.28. The number of phosphoric acid groups is 1. The van der Waals surface area contributed by atoms with E-state index in [-0.39, 0.29) is 43.4 Å². The summed E-state index contributed by atoms with van der Waals surface area (Å²) < 4.78 is 34.1. The van der Waals surface area contributed by atoms with Crippen molar-refractivity contribution in [3.63, 3.8) is 0 Å². The summed E-state index contributed by atoms with van der Waals surface area (Å²) in [6.07, 6.45) is 0.699. The SMILES string of the molecule is CN(C(=O)NCc1cccc(F)c1Cl)[C@@H](CCC(=O)NCCOP(=O)(O)O)COC(=O)Nc1cc2ccccc2cn1. The molecule has 5 N–H and O–H groups in total. The summed E-state index contributed by atoms with van der Waals surface area (Å²) in [7, 11) is -3.23. The molecule has 0 aliphatic carbocycles. The summed E-state index contributed by atoms with van der Waals surface area (Å²) in [6.45, 7) is -0.937. The van der Waals surface area contributed by atoms with Gasteiger partial charge in [0.1, 0.15) is 18.2 Å². The van der Waals surface area contributed by atoms with E-state index in [9.17, 15) is 23.3 Å². The third-order valence-corrected chi connectivity index (χ3v) is 6.93. The van der Waals surface area contributed by atoms with Gasteiger partial charge < -0.3 is 30.1 Å². The van der Waals surface area contributed by atoms with Crippen molar-refractivity contribution >= 4 is 54.0 Å². The van der Waals surface area contributed by atoms with Crippen molar-refractivity contribution in [1.29, 1.82) is 0 Å². The van der Waals surface area contributed by atoms with E-state index in [1.54, 1.807) is 18.3 Å². The van der Waals surface area contributed by atoms with Gasteiger partial charge in [-0.05, 0) is 29.5 Å². The van der Waals surface area contributed by atoms with E-state index >= 15 is 0 Å². The largest absolute Gasteiger partial charge is 0.469 e. The summed E-state index contributed by atoms with van der Waals surface area (Å²) in [6, 6.07) is 11.9. The second-order valence-electron chi connectivity index (χ2n) is 8.99. The van der Waals surface area contributed by atoms with E-state index in [1.165, 1.54) is 24.1 Å². The van der Waals surface area contributed by atoms with E-state index in [2.05, 4.69) is 25.5 Å². The Hall–Kier alpha value is -3.81. The maximum absolute atomic E-state index is 13.7. The monoisotopic (exact) mass is 625 g/mol. The van der Waals surface area contributed by atoms with Gasteiger partial charge in [0.2, 0.25) is 5.91 Å². The Kier molecular flexibility index (Phi) is 12.0. The maximum atomic E-state index is 13.7. The molecule has 0 saturated heterocycles. The quantitative estimate of drug-likeness (QED) is 0.139. The van der Waals surface area contributed by atoms with Crippen LogP contribution in [-0.4, -0.2) is 70.6 Å². The highest BCUT2D eigenvalue weighted by Crippen LogP contribution is 2.35. The van der Waals surface area contributed by atoms with E-state index in [4.69, 9.17) is 26.1 Å². The Labute approximate surface area is 245 Å². The minimum Gasteiger partial charge on any atom is -0.447 e. The number of benzene rings is 2. The Balaban J connectivity index is 1.59. The number of hydrogen-bond acceptors (Lipinski definition) is 7. The fourth-order valence-electron chi connectivity index (χ4n) is 3.74. The van der Waals surface area contributed by atoms with Gasteiger partial charge in [0, 0.05) is 38.1 Å². The zero-order valence-corrected chi connectivity index (χ0v) is 24.1. The highest BCUT2D eigenvalue weighted by atomic mass is 35.5. The number of fused-ring (bicyclic) bond motifs is 1. The molecule has 2 aromatic carbocycles. The Morgan fingerprint density at radius 3 is 2.60 bits per heavy atom. The summed E-state index contributed by atoms with van der Waals surface area (Å²) in [5.74, 6) is -0.864. The summed E-state index contributed by atoms with van der Waals surface area (Å²) in [5, 5.41) is 9.20. The molecule has 3 rings (SSSR count). The molecule has 0 fully saturated rings. The molecule has 1 heterocycles. The van der Waals surface area contributed by atoms with Crippen molar-refractivity contribution < 1.29 is 42.4 Å². The van der Waals surface area contributed by atoms with Crippen LogP contribution >= 0.6 is 19.4 Å². The number of nitrogens with zero attached hydrogens (tertiary/aromatic N) is 2. The van der Waals surface area contributed by atoms with Gasteiger partial charge in [0.15, 0.2) is 0 Å². The molecule has 0 aliphatic heterocycles. The minimum absolute atomic E-state index is 0.0529. The van der Waals surface area contributed by atoms with Gasteiger partial charge in [0.05, 0.1) is 17.7 Å². The van der Waals surface area contributed by atoms with Crippen LogP contribution in [0.1, 0.15) is 18.4 Å². The lowest BCUT2D eigenvalue weighted by Crippen LogP contribution is -2.46. The van der Waals surface area contributed by atoms with Crippen LogP contribution in [0.3, 0.4) is 0 Å². The number of hydrogen-bond donors (Lipinski definition) is 5. The Morgan fingerprint density at radius 2 is 1.86 bits per heavy atom. The molecule has 16 heteroatoms. The van der Waals surface area contributed by atoms with Gasteiger partial charge in [0.25, 0.3) is 0 Å². The molecule has 42 heavy (non-hydrogen) atoms. The molecule has 0 aliphatic rings. The smallest absolute Gasteiger partial charge is 0.447 e. The standard InChI is InChI=1S/C26H30ClFN5O8P/c1-33(25(35)31-15-19-7-4-8-21(28)24(19)27)20(9-10-23(34)29-11-12-41-42(37,38)39)16-40-26(36)32-22-13-17-5-2-3-6-18(17)14-30-22/h2-8,13-14,20H,9-12,15-16H2,1H3,(H,29,34)(H,31,35)(H,30,32,36)(H2,37,38,39)/t20-/m0/s1. The van der Waals surface area contributed by atoms with Crippen molar-refractivity contribution in [2.24, 2.45) is 0 Å². The van der Waals surface area contributed by atoms with Crippen LogP contribution in [0.5, 0.6) is 0 Å². The molecule has 0 spiro atoms. The number of carbonyl (C=O) groups excluding carboxylic acids is 3. The number of aromatic nitrogens is 1. The third-order valence-electron chi connectivity index (χ3n) is 5.99. The molecule has 3 aromatic rings. The third kappa shape index (κ3) is 10.5. The van der Waals surface area contributed by atoms with Crippen molar-refractivity contribution in [3.05, 3.63) is 71.1 Å². The first-order valence-electron chi connectivity index (χ1n) is 12.6. The predicted octanol–water partition coefficient (Wildman–Crippen LogP) is 3.79. The number of phosphoric ester groups is 1. The van der Waals surface area contributed by atoms with E-state index in [0.717, 1.165) is 10.8 Å². The first-order chi connectivity index (χ1) is 19.9. The molecule has 4 amide bonds. The number of urea groups is 1. The number of carbonyl (C=O) groups is 3. The number of anilines is 1. The number of pyridine rings is 1. The first kappa shape index (κ1) is 32.7. The van der Waals surface area contributed by atoms with Crippen LogP contribution in [0.4, 0.5) is 19.8 Å². The number of rotatable bonds is 13. The summed E-state index contributed by atoms with van der Waals surface area (Å²) in [5.41, 5.74) is 0.352. The molecule has 0 unspecified atom stereocenters. The lowest BCUT2D eigenvalue weighted by atomic mass is 10.1. The lowest BCUT2D eigenvalue weighted by molar-refractivity contribution is -0.121. The van der Waals surface area contributed by atoms with Crippen LogP contribution in [0.15, 0.2) is 54.7 Å². The number of halogens is 2.